The monoisotopic (exact) mass is 484 g/mol. The molecule has 2 atom stereocenters. The van der Waals surface area contributed by atoms with Gasteiger partial charge in [-0.1, -0.05) is 26.8 Å². The third-order valence-corrected chi connectivity index (χ3v) is 6.48. The van der Waals surface area contributed by atoms with Crippen LogP contribution in [-0.4, -0.2) is 62.3 Å². The van der Waals surface area contributed by atoms with Crippen LogP contribution in [0.15, 0.2) is 24.4 Å². The lowest BCUT2D eigenvalue weighted by molar-refractivity contribution is -0.139. The highest BCUT2D eigenvalue weighted by Crippen LogP contribution is 2.29. The minimum Gasteiger partial charge on any atom is -0.469 e. The van der Waals surface area contributed by atoms with E-state index in [2.05, 4.69) is 31.2 Å². The largest absolute Gasteiger partial charge is 0.494 e. The van der Waals surface area contributed by atoms with Crippen LogP contribution >= 0.6 is 0 Å². The summed E-state index contributed by atoms with van der Waals surface area (Å²) in [5.41, 5.74) is 7.95. The van der Waals surface area contributed by atoms with Gasteiger partial charge in [0.2, 0.25) is 0 Å². The minimum atomic E-state index is -0.627. The normalized spacial score (nSPS) is 22.0. The Labute approximate surface area is 205 Å². The number of rotatable bonds is 7. The first-order chi connectivity index (χ1) is 16.7. The molecule has 11 heteroatoms. The molecule has 2 saturated heterocycles. The number of amides is 1. The second-order valence-corrected chi connectivity index (χ2v) is 10.1. The van der Waals surface area contributed by atoms with Gasteiger partial charge in [0.05, 0.1) is 26.2 Å². The van der Waals surface area contributed by atoms with E-state index in [-0.39, 0.29) is 29.4 Å². The number of nitrogens with one attached hydrogen (secondary N) is 1. The maximum absolute atomic E-state index is 12.2. The summed E-state index contributed by atoms with van der Waals surface area (Å²) in [6.45, 7) is 8.56. The number of aromatic nitrogens is 2. The molecule has 3 heterocycles. The first kappa shape index (κ1) is 25.2. The average molecular weight is 484 g/mol. The summed E-state index contributed by atoms with van der Waals surface area (Å²) >= 11 is 0. The summed E-state index contributed by atoms with van der Waals surface area (Å²) in [6, 6.07) is 5.49. The van der Waals surface area contributed by atoms with Crippen molar-refractivity contribution >= 4 is 36.0 Å². The molecule has 0 unspecified atom stereocenters. The van der Waals surface area contributed by atoms with Crippen molar-refractivity contribution in [2.24, 2.45) is 17.1 Å². The van der Waals surface area contributed by atoms with Crippen molar-refractivity contribution in [3.8, 4) is 0 Å². The molecule has 4 rings (SSSR count). The molecule has 0 bridgehead atoms. The molecule has 2 aromatic rings. The number of carbonyl (C=O) groups excluding carboxylic acids is 2. The Morgan fingerprint density at radius 2 is 2.06 bits per heavy atom. The number of carbonyl (C=O) groups is 2. The van der Waals surface area contributed by atoms with E-state index in [1.165, 1.54) is 7.11 Å². The second kappa shape index (κ2) is 10.4. The van der Waals surface area contributed by atoms with Crippen molar-refractivity contribution in [1.82, 2.24) is 9.78 Å². The van der Waals surface area contributed by atoms with Crippen molar-refractivity contribution in [2.45, 2.75) is 39.7 Å². The van der Waals surface area contributed by atoms with Gasteiger partial charge in [-0.25, -0.2) is 0 Å². The molecule has 3 N–H and O–H groups in total. The van der Waals surface area contributed by atoms with Crippen LogP contribution in [0.3, 0.4) is 0 Å². The SMILES string of the molecule is COC(=O)Cc1ccc(Nc2nn([C@H]3COCC[C@@H]3C)cc2C(N)=O)cc1B1OCC(C)(C)CO1. The van der Waals surface area contributed by atoms with E-state index >= 15 is 0 Å². The van der Waals surface area contributed by atoms with Crippen molar-refractivity contribution in [3.63, 3.8) is 0 Å². The number of benzene rings is 1. The number of hydrogen-bond acceptors (Lipinski definition) is 8. The average Bonchev–Trinajstić information content (AvgIpc) is 3.24. The smallest absolute Gasteiger partial charge is 0.469 e. The lowest BCUT2D eigenvalue weighted by atomic mass is 9.72. The summed E-state index contributed by atoms with van der Waals surface area (Å²) in [4.78, 5) is 24.2. The van der Waals surface area contributed by atoms with Gasteiger partial charge in [-0.05, 0) is 35.5 Å². The second-order valence-electron chi connectivity index (χ2n) is 10.1. The Balaban J connectivity index is 1.63. The molecule has 2 fully saturated rings. The van der Waals surface area contributed by atoms with Crippen LogP contribution < -0.4 is 16.5 Å². The highest BCUT2D eigenvalue weighted by Gasteiger charge is 2.35. The van der Waals surface area contributed by atoms with Crippen molar-refractivity contribution in [1.29, 1.82) is 0 Å². The van der Waals surface area contributed by atoms with Gasteiger partial charge in [0, 0.05) is 37.1 Å². The van der Waals surface area contributed by atoms with Crippen molar-refractivity contribution in [3.05, 3.63) is 35.5 Å². The lowest BCUT2D eigenvalue weighted by Gasteiger charge is -2.33. The maximum atomic E-state index is 12.2. The van der Waals surface area contributed by atoms with E-state index < -0.39 is 13.0 Å². The van der Waals surface area contributed by atoms with Crippen LogP contribution in [0.1, 0.15) is 49.2 Å². The predicted molar refractivity (Wildman–Crippen MR) is 131 cm³/mol. The fourth-order valence-corrected chi connectivity index (χ4v) is 4.29. The Morgan fingerprint density at radius 3 is 2.71 bits per heavy atom. The highest BCUT2D eigenvalue weighted by molar-refractivity contribution is 6.62. The molecule has 0 aliphatic carbocycles. The quantitative estimate of drug-likeness (QED) is 0.450. The fraction of sp³-hybridized carbons (Fsp3) is 0.542. The molecule has 1 aromatic carbocycles. The summed E-state index contributed by atoms with van der Waals surface area (Å²) < 4.78 is 24.2. The van der Waals surface area contributed by atoms with E-state index in [0.29, 0.717) is 42.7 Å². The van der Waals surface area contributed by atoms with E-state index in [1.807, 2.05) is 18.2 Å². The summed E-state index contributed by atoms with van der Waals surface area (Å²) in [7, 11) is 0.728. The van der Waals surface area contributed by atoms with Crippen molar-refractivity contribution < 1.29 is 28.4 Å². The van der Waals surface area contributed by atoms with Gasteiger partial charge in [-0.3, -0.25) is 14.3 Å². The highest BCUT2D eigenvalue weighted by atomic mass is 16.6. The van der Waals surface area contributed by atoms with Gasteiger partial charge >= 0.3 is 13.1 Å². The maximum Gasteiger partial charge on any atom is 0.494 e. The number of esters is 1. The Kier molecular flexibility index (Phi) is 7.49. The van der Waals surface area contributed by atoms with Crippen LogP contribution in [0.4, 0.5) is 11.5 Å². The zero-order valence-electron chi connectivity index (χ0n) is 20.7. The summed E-state index contributed by atoms with van der Waals surface area (Å²) in [5.74, 6) is -0.228. The van der Waals surface area contributed by atoms with Gasteiger partial charge in [0.25, 0.3) is 5.91 Å². The number of anilines is 2. The first-order valence-corrected chi connectivity index (χ1v) is 11.8. The van der Waals surface area contributed by atoms with E-state index in [4.69, 9.17) is 24.5 Å². The van der Waals surface area contributed by atoms with Crippen molar-refractivity contribution in [2.75, 3.05) is 38.9 Å². The van der Waals surface area contributed by atoms with Crippen LogP contribution in [-0.2, 0) is 30.0 Å². The first-order valence-electron chi connectivity index (χ1n) is 11.8. The molecular weight excluding hydrogens is 451 g/mol. The standard InChI is InChI=1S/C24H33BN4O6/c1-15-7-8-33-12-20(15)29-11-18(22(26)31)23(28-29)27-17-6-5-16(9-21(30)32-4)19(10-17)25-34-13-24(2,3)14-35-25/h5-6,10-11,15,20H,7-9,12-14H2,1-4H3,(H2,26,31)(H,27,28)/t15-,20-/m0/s1. The number of hydrogen-bond donors (Lipinski definition) is 2. The number of nitrogens with zero attached hydrogens (tertiary/aromatic N) is 2. The number of methoxy groups -OCH3 is 1. The van der Waals surface area contributed by atoms with Gasteiger partial charge in [-0.2, -0.15) is 5.10 Å². The molecule has 1 aromatic heterocycles. The zero-order valence-corrected chi connectivity index (χ0v) is 20.7. The number of ether oxygens (including phenoxy) is 2. The number of nitrogens with two attached hydrogens (primary N) is 1. The third-order valence-electron chi connectivity index (χ3n) is 6.48. The van der Waals surface area contributed by atoms with Gasteiger partial charge in [0.1, 0.15) is 5.56 Å². The minimum absolute atomic E-state index is 0.0165. The van der Waals surface area contributed by atoms with Gasteiger partial charge in [0.15, 0.2) is 5.82 Å². The molecular formula is C24H33BN4O6. The molecule has 0 spiro atoms. The van der Waals surface area contributed by atoms with Gasteiger partial charge < -0.3 is 29.8 Å². The molecule has 0 saturated carbocycles. The molecule has 10 nitrogen and oxygen atoms in total. The fourth-order valence-electron chi connectivity index (χ4n) is 4.29. The van der Waals surface area contributed by atoms with E-state index in [1.54, 1.807) is 10.9 Å². The Hall–Kier alpha value is -2.89. The van der Waals surface area contributed by atoms with Crippen LogP contribution in [0.2, 0.25) is 0 Å². The summed E-state index contributed by atoms with van der Waals surface area (Å²) in [5, 5.41) is 7.85. The topological polar surface area (TPSA) is 127 Å². The predicted octanol–water partition coefficient (Wildman–Crippen LogP) is 1.81. The molecule has 35 heavy (non-hydrogen) atoms. The molecule has 2 aliphatic rings. The lowest BCUT2D eigenvalue weighted by Crippen LogP contribution is -2.48. The van der Waals surface area contributed by atoms with Crippen LogP contribution in [0.5, 0.6) is 0 Å². The Bertz CT molecular complexity index is 1080. The number of primary amides is 1. The third kappa shape index (κ3) is 5.86. The molecule has 1 amide bonds. The summed E-state index contributed by atoms with van der Waals surface area (Å²) in [6.07, 6.45) is 2.67. The molecule has 188 valence electrons. The molecule has 2 aliphatic heterocycles. The van der Waals surface area contributed by atoms with E-state index in [0.717, 1.165) is 18.6 Å². The molecule has 0 radical (unpaired) electrons. The zero-order chi connectivity index (χ0) is 25.2. The van der Waals surface area contributed by atoms with Gasteiger partial charge in [-0.15, -0.1) is 0 Å². The Morgan fingerprint density at radius 1 is 1.31 bits per heavy atom. The van der Waals surface area contributed by atoms with Crippen LogP contribution in [0.25, 0.3) is 0 Å². The van der Waals surface area contributed by atoms with E-state index in [9.17, 15) is 9.59 Å². The van der Waals surface area contributed by atoms with Crippen LogP contribution in [0, 0.1) is 11.3 Å².